The Hall–Kier alpha value is -0.290. The fraction of sp³-hybridized carbons (Fsp3) is 0.833. The Morgan fingerprint density at radius 2 is 1.90 bits per heavy atom. The Balaban J connectivity index is 4.24. The average molecular weight is 342 g/mol. The molecule has 0 fully saturated rings. The van der Waals surface area contributed by atoms with Gasteiger partial charge in [0.2, 0.25) is 0 Å². The van der Waals surface area contributed by atoms with Crippen LogP contribution in [0.2, 0.25) is 0 Å². The number of nitrogens with one attached hydrogen (secondary N) is 1. The highest BCUT2D eigenvalue weighted by molar-refractivity contribution is 7.47. The van der Waals surface area contributed by atoms with E-state index in [1.807, 2.05) is 0 Å². The molecule has 10 nitrogen and oxygen atoms in total. The van der Waals surface area contributed by atoms with Crippen molar-refractivity contribution in [3.05, 3.63) is 0 Å². The first-order valence-corrected chi connectivity index (χ1v) is 7.52. The number of carboxylic acid groups (broad SMARTS) is 1. The smallest absolute Gasteiger partial charge is 0.472 e. The summed E-state index contributed by atoms with van der Waals surface area (Å²) in [5.41, 5.74) is 0. The van der Waals surface area contributed by atoms with E-state index in [0.29, 0.717) is 0 Å². The second kappa shape index (κ2) is 9.61. The monoisotopic (exact) mass is 342 g/mol. The Morgan fingerprint density at radius 1 is 1.35 bits per heavy atom. The molecule has 0 radical (unpaired) electrons. The molecule has 3 unspecified atom stereocenters. The zero-order valence-electron chi connectivity index (χ0n) is 9.89. The molecule has 0 spiro atoms. The maximum Gasteiger partial charge on any atom is 0.472 e. The van der Waals surface area contributed by atoms with Crippen molar-refractivity contribution < 1.29 is 46.7 Å². The van der Waals surface area contributed by atoms with Gasteiger partial charge in [0.05, 0.1) is 19.8 Å². The molecule has 0 aromatic heterocycles. The Bertz CT molecular complexity index is 349. The maximum absolute atomic E-state index is 12.0. The van der Waals surface area contributed by atoms with Gasteiger partial charge in [-0.2, -0.15) is 8.39 Å². The lowest BCUT2D eigenvalue weighted by atomic mass is 10.3. The van der Waals surface area contributed by atoms with Crippen molar-refractivity contribution in [3.63, 3.8) is 0 Å². The maximum atomic E-state index is 12.0. The van der Waals surface area contributed by atoms with Crippen molar-refractivity contribution in [2.24, 2.45) is 5.90 Å². The first kappa shape index (κ1) is 19.7. The van der Waals surface area contributed by atoms with Crippen molar-refractivity contribution in [1.29, 1.82) is 0 Å². The van der Waals surface area contributed by atoms with Crippen LogP contribution in [-0.2, 0) is 23.2 Å². The molecule has 0 amide bonds. The number of carboxylic acids is 1. The number of phosphoric acid groups is 1. The molecule has 6 N–H and O–H groups in total. The quantitative estimate of drug-likeness (QED) is 0.246. The molecule has 0 aromatic rings. The fourth-order valence-electron chi connectivity index (χ4n) is 0.827. The van der Waals surface area contributed by atoms with E-state index in [0.717, 1.165) is 0 Å². The normalized spacial score (nSPS) is 17.7. The minimum Gasteiger partial charge on any atom is -0.480 e. The molecule has 3 atom stereocenters. The van der Waals surface area contributed by atoms with Crippen molar-refractivity contribution in [2.45, 2.75) is 12.1 Å². The summed E-state index contributed by atoms with van der Waals surface area (Å²) in [4.78, 5) is 23.7. The molecule has 0 heterocycles. The summed E-state index contributed by atoms with van der Waals surface area (Å²) >= 11 is 0. The summed E-state index contributed by atoms with van der Waals surface area (Å²) in [5.74, 6) is 2.94. The van der Waals surface area contributed by atoms with Crippen LogP contribution in [0.5, 0.6) is 0 Å². The standard InChI is InChI=1S/C6H14F2N2O8P2/c7-19(8)10-5(6(12)13)3-18-20(14,15)17-2-4(11)1-16-9/h4-5,10-11H,1-3,9H2,(H,12,13)(H,14,15). The van der Waals surface area contributed by atoms with Gasteiger partial charge < -0.3 is 19.9 Å². The molecule has 0 aliphatic carbocycles. The van der Waals surface area contributed by atoms with Crippen LogP contribution < -0.4 is 11.0 Å². The summed E-state index contributed by atoms with van der Waals surface area (Å²) < 4.78 is 43.8. The number of aliphatic hydroxyl groups is 1. The highest BCUT2D eigenvalue weighted by Crippen LogP contribution is 2.43. The predicted molar refractivity (Wildman–Crippen MR) is 61.6 cm³/mol. The molecule has 0 aliphatic heterocycles. The van der Waals surface area contributed by atoms with Gasteiger partial charge in [0.25, 0.3) is 0 Å². The third-order valence-corrected chi connectivity index (χ3v) is 3.13. The van der Waals surface area contributed by atoms with Gasteiger partial charge in [0.1, 0.15) is 12.1 Å². The van der Waals surface area contributed by atoms with Gasteiger partial charge in [0, 0.05) is 0 Å². The summed E-state index contributed by atoms with van der Waals surface area (Å²) in [5, 5.41) is 19.0. The van der Waals surface area contributed by atoms with Gasteiger partial charge in [-0.3, -0.25) is 13.8 Å². The van der Waals surface area contributed by atoms with Crippen LogP contribution in [-0.4, -0.2) is 53.0 Å². The molecule has 0 aliphatic rings. The average Bonchev–Trinajstić information content (AvgIpc) is 2.32. The van der Waals surface area contributed by atoms with E-state index in [2.05, 4.69) is 19.8 Å². The van der Waals surface area contributed by atoms with Crippen molar-refractivity contribution >= 4 is 22.5 Å². The molecular formula is C6H14F2N2O8P2. The van der Waals surface area contributed by atoms with E-state index < -0.39 is 47.8 Å². The van der Waals surface area contributed by atoms with E-state index in [-0.39, 0.29) is 6.61 Å². The predicted octanol–water partition coefficient (Wildman–Crippen LogP) is -0.420. The van der Waals surface area contributed by atoms with Gasteiger partial charge in [0.15, 0.2) is 0 Å². The van der Waals surface area contributed by atoms with Gasteiger partial charge in [-0.1, -0.05) is 0 Å². The minimum absolute atomic E-state index is 0.382. The Labute approximate surface area is 113 Å². The molecule has 120 valence electrons. The molecule has 0 saturated heterocycles. The van der Waals surface area contributed by atoms with Crippen molar-refractivity contribution in [2.75, 3.05) is 19.8 Å². The highest BCUT2D eigenvalue weighted by Gasteiger charge is 2.29. The molecular weight excluding hydrogens is 328 g/mol. The minimum atomic E-state index is -4.70. The number of nitrogens with two attached hydrogens (primary N) is 1. The highest BCUT2D eigenvalue weighted by atomic mass is 31.2. The molecule has 0 bridgehead atoms. The molecule has 0 aromatic carbocycles. The Kier molecular flexibility index (Phi) is 9.47. The zero-order valence-corrected chi connectivity index (χ0v) is 11.7. The zero-order chi connectivity index (χ0) is 15.8. The van der Waals surface area contributed by atoms with Crippen molar-refractivity contribution in [3.8, 4) is 0 Å². The first-order chi connectivity index (χ1) is 9.18. The number of halogens is 2. The number of aliphatic carboxylic acids is 1. The van der Waals surface area contributed by atoms with Crippen LogP contribution in [0.4, 0.5) is 8.39 Å². The topological polar surface area (TPSA) is 161 Å². The fourth-order valence-corrected chi connectivity index (χ4v) is 2.02. The molecule has 20 heavy (non-hydrogen) atoms. The lowest BCUT2D eigenvalue weighted by molar-refractivity contribution is -0.139. The number of rotatable bonds is 11. The number of phosphoric ester groups is 1. The summed E-state index contributed by atoms with van der Waals surface area (Å²) in [6, 6.07) is -1.88. The summed E-state index contributed by atoms with van der Waals surface area (Å²) in [6.45, 7) is -2.10. The lowest BCUT2D eigenvalue weighted by Crippen LogP contribution is -2.36. The van der Waals surface area contributed by atoms with E-state index in [9.17, 15) is 17.8 Å². The van der Waals surface area contributed by atoms with Gasteiger partial charge in [-0.25, -0.2) is 15.5 Å². The van der Waals surface area contributed by atoms with Gasteiger partial charge in [-0.15, -0.1) is 0 Å². The van der Waals surface area contributed by atoms with Gasteiger partial charge >= 0.3 is 22.5 Å². The van der Waals surface area contributed by atoms with E-state index in [1.165, 1.54) is 5.09 Å². The van der Waals surface area contributed by atoms with Crippen molar-refractivity contribution in [1.82, 2.24) is 5.09 Å². The Morgan fingerprint density at radius 3 is 2.35 bits per heavy atom. The molecule has 14 heteroatoms. The number of hydrogen-bond donors (Lipinski definition) is 5. The lowest BCUT2D eigenvalue weighted by Gasteiger charge is -2.17. The number of hydrogen-bond acceptors (Lipinski definition) is 8. The van der Waals surface area contributed by atoms with Crippen LogP contribution in [0.25, 0.3) is 0 Å². The summed E-state index contributed by atoms with van der Waals surface area (Å²) in [6.07, 6.45) is -1.32. The van der Waals surface area contributed by atoms with E-state index in [4.69, 9.17) is 15.1 Å². The second-order valence-corrected chi connectivity index (χ2v) is 5.48. The number of aliphatic hydroxyl groups excluding tert-OH is 1. The van der Waals surface area contributed by atoms with E-state index in [1.54, 1.807) is 0 Å². The van der Waals surface area contributed by atoms with Gasteiger partial charge in [-0.05, 0) is 0 Å². The largest absolute Gasteiger partial charge is 0.480 e. The SMILES string of the molecule is NOCC(O)COP(=O)(O)OCC(NP(F)F)C(=O)O. The third kappa shape index (κ3) is 9.59. The molecule has 0 rings (SSSR count). The van der Waals surface area contributed by atoms with Crippen LogP contribution in [0.1, 0.15) is 0 Å². The van der Waals surface area contributed by atoms with E-state index >= 15 is 0 Å². The third-order valence-electron chi connectivity index (χ3n) is 1.67. The first-order valence-electron chi connectivity index (χ1n) is 4.90. The summed E-state index contributed by atoms with van der Waals surface area (Å²) in [7, 11) is -8.44. The van der Waals surface area contributed by atoms with Crippen LogP contribution in [0.15, 0.2) is 0 Å². The second-order valence-electron chi connectivity index (χ2n) is 3.30. The van der Waals surface area contributed by atoms with Crippen LogP contribution in [0, 0.1) is 0 Å². The van der Waals surface area contributed by atoms with Crippen LogP contribution >= 0.6 is 16.5 Å². The molecule has 0 saturated carbocycles. The number of carbonyl (C=O) groups is 1. The van der Waals surface area contributed by atoms with Crippen LogP contribution in [0.3, 0.4) is 0 Å².